The van der Waals surface area contributed by atoms with E-state index in [-0.39, 0.29) is 12.4 Å². The van der Waals surface area contributed by atoms with Crippen molar-refractivity contribution in [2.45, 2.75) is 13.0 Å². The van der Waals surface area contributed by atoms with Crippen LogP contribution in [0.2, 0.25) is 0 Å². The van der Waals surface area contributed by atoms with Gasteiger partial charge in [-0.25, -0.2) is 4.79 Å². The fourth-order valence-corrected chi connectivity index (χ4v) is 1.96. The lowest BCUT2D eigenvalue weighted by molar-refractivity contribution is 0.140. The molecular formula is C18H20N2O3. The first kappa shape index (κ1) is 16.4. The minimum atomic E-state index is -0.439. The van der Waals surface area contributed by atoms with E-state index in [4.69, 9.17) is 10.5 Å². The Bertz CT molecular complexity index is 669. The molecule has 0 aliphatic rings. The average Bonchev–Trinajstić information content (AvgIpc) is 2.55. The summed E-state index contributed by atoms with van der Waals surface area (Å²) in [5, 5.41) is 12.0. The van der Waals surface area contributed by atoms with Crippen LogP contribution in [0.1, 0.15) is 17.5 Å². The fourth-order valence-electron chi connectivity index (χ4n) is 1.96. The van der Waals surface area contributed by atoms with Crippen LogP contribution in [0, 0.1) is 0 Å². The van der Waals surface area contributed by atoms with Gasteiger partial charge in [-0.05, 0) is 29.7 Å². The highest BCUT2D eigenvalue weighted by Crippen LogP contribution is 2.19. The summed E-state index contributed by atoms with van der Waals surface area (Å²) in [6.07, 6.45) is 3.97. The number of phenols is 1. The molecule has 0 heterocycles. The van der Waals surface area contributed by atoms with E-state index in [2.05, 4.69) is 5.32 Å². The number of anilines is 1. The maximum Gasteiger partial charge on any atom is 0.407 e. The van der Waals surface area contributed by atoms with E-state index in [9.17, 15) is 9.90 Å². The van der Waals surface area contributed by atoms with Crippen molar-refractivity contribution >= 4 is 17.9 Å². The lowest BCUT2D eigenvalue weighted by Crippen LogP contribution is -2.24. The Balaban J connectivity index is 1.66. The van der Waals surface area contributed by atoms with E-state index in [1.54, 1.807) is 12.1 Å². The van der Waals surface area contributed by atoms with Crippen molar-refractivity contribution < 1.29 is 14.6 Å². The van der Waals surface area contributed by atoms with Crippen molar-refractivity contribution in [1.29, 1.82) is 0 Å². The van der Waals surface area contributed by atoms with Gasteiger partial charge < -0.3 is 20.9 Å². The molecule has 2 aromatic carbocycles. The predicted molar refractivity (Wildman–Crippen MR) is 90.8 cm³/mol. The highest BCUT2D eigenvalue weighted by Gasteiger charge is 2.01. The number of rotatable bonds is 6. The minimum Gasteiger partial charge on any atom is -0.508 e. The molecule has 0 aliphatic carbocycles. The minimum absolute atomic E-state index is 0.141. The standard InChI is InChI=1S/C18H20N2O3/c19-17-12-16(21)10-9-15(17)8-4-5-11-20-18(22)23-13-14-6-2-1-3-7-14/h1-4,6-10,12,21H,5,11,13,19H2,(H,20,22). The molecule has 0 bridgehead atoms. The molecule has 120 valence electrons. The van der Waals surface area contributed by atoms with Gasteiger partial charge >= 0.3 is 6.09 Å². The number of hydrogen-bond donors (Lipinski definition) is 3. The van der Waals surface area contributed by atoms with E-state index in [0.29, 0.717) is 18.7 Å². The van der Waals surface area contributed by atoms with Crippen LogP contribution < -0.4 is 11.1 Å². The molecule has 0 saturated carbocycles. The molecular weight excluding hydrogens is 292 g/mol. The van der Waals surface area contributed by atoms with Crippen LogP contribution >= 0.6 is 0 Å². The molecule has 1 amide bonds. The number of nitrogens with one attached hydrogen (secondary N) is 1. The third kappa shape index (κ3) is 5.74. The number of nitrogen functional groups attached to an aromatic ring is 1. The summed E-state index contributed by atoms with van der Waals surface area (Å²) in [6.45, 7) is 0.731. The predicted octanol–water partition coefficient (Wildman–Crippen LogP) is 3.30. The Kier molecular flexibility index (Phi) is 6.06. The molecule has 2 aromatic rings. The maximum atomic E-state index is 11.5. The van der Waals surface area contributed by atoms with Crippen molar-refractivity contribution in [3.63, 3.8) is 0 Å². The highest BCUT2D eigenvalue weighted by atomic mass is 16.5. The van der Waals surface area contributed by atoms with Crippen LogP contribution in [-0.4, -0.2) is 17.7 Å². The highest BCUT2D eigenvalue weighted by molar-refractivity contribution is 5.67. The first-order chi connectivity index (χ1) is 11.1. The molecule has 5 nitrogen and oxygen atoms in total. The largest absolute Gasteiger partial charge is 0.508 e. The molecule has 0 fully saturated rings. The third-order valence-corrected chi connectivity index (χ3v) is 3.16. The van der Waals surface area contributed by atoms with Crippen molar-refractivity contribution in [3.8, 4) is 5.75 Å². The molecule has 23 heavy (non-hydrogen) atoms. The number of carbonyl (C=O) groups is 1. The topological polar surface area (TPSA) is 84.6 Å². The van der Waals surface area contributed by atoms with Gasteiger partial charge in [0.1, 0.15) is 12.4 Å². The number of nitrogens with two attached hydrogens (primary N) is 1. The van der Waals surface area contributed by atoms with Crippen LogP contribution in [0.5, 0.6) is 5.75 Å². The zero-order valence-corrected chi connectivity index (χ0v) is 12.7. The van der Waals surface area contributed by atoms with Crippen molar-refractivity contribution in [2.75, 3.05) is 12.3 Å². The number of ether oxygens (including phenoxy) is 1. The summed E-state index contributed by atoms with van der Waals surface area (Å²) in [5.74, 6) is 0.141. The summed E-state index contributed by atoms with van der Waals surface area (Å²) < 4.78 is 5.10. The van der Waals surface area contributed by atoms with Crippen molar-refractivity contribution in [1.82, 2.24) is 5.32 Å². The van der Waals surface area contributed by atoms with Crippen LogP contribution in [0.15, 0.2) is 54.6 Å². The molecule has 5 heteroatoms. The number of aromatic hydroxyl groups is 1. The second-order valence-corrected chi connectivity index (χ2v) is 4.99. The normalized spacial score (nSPS) is 10.6. The molecule has 0 radical (unpaired) electrons. The van der Waals surface area contributed by atoms with Gasteiger partial charge in [0.15, 0.2) is 0 Å². The van der Waals surface area contributed by atoms with Gasteiger partial charge in [-0.3, -0.25) is 0 Å². The summed E-state index contributed by atoms with van der Waals surface area (Å²) >= 11 is 0. The molecule has 2 rings (SSSR count). The smallest absolute Gasteiger partial charge is 0.407 e. The Hall–Kier alpha value is -2.95. The summed E-state index contributed by atoms with van der Waals surface area (Å²) in [7, 11) is 0. The van der Waals surface area contributed by atoms with E-state index in [1.165, 1.54) is 6.07 Å². The van der Waals surface area contributed by atoms with Crippen LogP contribution in [0.3, 0.4) is 0 Å². The Morgan fingerprint density at radius 1 is 1.22 bits per heavy atom. The quantitative estimate of drug-likeness (QED) is 0.564. The molecule has 0 atom stereocenters. The number of phenolic OH excluding ortho intramolecular Hbond substituents is 1. The van der Waals surface area contributed by atoms with Crippen LogP contribution in [0.25, 0.3) is 6.08 Å². The van der Waals surface area contributed by atoms with Gasteiger partial charge in [0.2, 0.25) is 0 Å². The Morgan fingerprint density at radius 2 is 2.00 bits per heavy atom. The Morgan fingerprint density at radius 3 is 2.74 bits per heavy atom. The number of hydrogen-bond acceptors (Lipinski definition) is 4. The number of carbonyl (C=O) groups excluding carboxylic acids is 1. The van der Waals surface area contributed by atoms with Crippen molar-refractivity contribution in [3.05, 3.63) is 65.7 Å². The maximum absolute atomic E-state index is 11.5. The second kappa shape index (κ2) is 8.48. The van der Waals surface area contributed by atoms with Gasteiger partial charge in [0, 0.05) is 18.3 Å². The SMILES string of the molecule is Nc1cc(O)ccc1C=CCCNC(=O)OCc1ccccc1. The van der Waals surface area contributed by atoms with Crippen molar-refractivity contribution in [2.24, 2.45) is 0 Å². The van der Waals surface area contributed by atoms with E-state index in [1.807, 2.05) is 42.5 Å². The zero-order chi connectivity index (χ0) is 16.5. The van der Waals surface area contributed by atoms with E-state index < -0.39 is 6.09 Å². The lowest BCUT2D eigenvalue weighted by atomic mass is 10.1. The van der Waals surface area contributed by atoms with Gasteiger partial charge in [-0.15, -0.1) is 0 Å². The van der Waals surface area contributed by atoms with E-state index >= 15 is 0 Å². The molecule has 0 aliphatic heterocycles. The molecule has 4 N–H and O–H groups in total. The van der Waals surface area contributed by atoms with Gasteiger partial charge in [-0.2, -0.15) is 0 Å². The summed E-state index contributed by atoms with van der Waals surface area (Å²) in [6, 6.07) is 14.3. The van der Waals surface area contributed by atoms with Gasteiger partial charge in [0.05, 0.1) is 0 Å². The van der Waals surface area contributed by atoms with Crippen LogP contribution in [0.4, 0.5) is 10.5 Å². The first-order valence-electron chi connectivity index (χ1n) is 7.35. The lowest BCUT2D eigenvalue weighted by Gasteiger charge is -2.06. The number of alkyl carbamates (subject to hydrolysis) is 1. The monoisotopic (exact) mass is 312 g/mol. The zero-order valence-electron chi connectivity index (χ0n) is 12.7. The second-order valence-electron chi connectivity index (χ2n) is 4.99. The van der Waals surface area contributed by atoms with Gasteiger partial charge in [-0.1, -0.05) is 42.5 Å². The van der Waals surface area contributed by atoms with Gasteiger partial charge in [0.25, 0.3) is 0 Å². The summed E-state index contributed by atoms with van der Waals surface area (Å²) in [4.78, 5) is 11.5. The first-order valence-corrected chi connectivity index (χ1v) is 7.35. The number of amides is 1. The molecule has 0 saturated heterocycles. The van der Waals surface area contributed by atoms with Crippen LogP contribution in [-0.2, 0) is 11.3 Å². The fraction of sp³-hybridized carbons (Fsp3) is 0.167. The third-order valence-electron chi connectivity index (χ3n) is 3.16. The Labute approximate surface area is 135 Å². The molecule has 0 unspecified atom stereocenters. The number of benzene rings is 2. The van der Waals surface area contributed by atoms with E-state index in [0.717, 1.165) is 11.1 Å². The molecule has 0 aromatic heterocycles. The summed E-state index contributed by atoms with van der Waals surface area (Å²) in [5.41, 5.74) is 8.07. The average molecular weight is 312 g/mol. The molecule has 0 spiro atoms.